The van der Waals surface area contributed by atoms with Crippen molar-refractivity contribution in [3.05, 3.63) is 0 Å². The van der Waals surface area contributed by atoms with Gasteiger partial charge in [0.25, 0.3) is 0 Å². The first-order chi connectivity index (χ1) is 6.37. The highest BCUT2D eigenvalue weighted by atomic mass is 79.9. The molecule has 1 atom stereocenters. The number of hydrogen-bond donors (Lipinski definition) is 0. The maximum Gasteiger partial charge on any atom is 0.0533 e. The first kappa shape index (κ1) is 9.97. The summed E-state index contributed by atoms with van der Waals surface area (Å²) in [5.74, 6) is 0.933. The highest BCUT2D eigenvalue weighted by Gasteiger charge is 2.41. The van der Waals surface area contributed by atoms with Gasteiger partial charge in [-0.1, -0.05) is 35.2 Å². The molecule has 1 aliphatic carbocycles. The van der Waals surface area contributed by atoms with E-state index < -0.39 is 0 Å². The van der Waals surface area contributed by atoms with Gasteiger partial charge in [-0.3, -0.25) is 0 Å². The highest BCUT2D eigenvalue weighted by molar-refractivity contribution is 9.09. The van der Waals surface area contributed by atoms with E-state index in [4.69, 9.17) is 4.74 Å². The van der Waals surface area contributed by atoms with Gasteiger partial charge in [-0.2, -0.15) is 0 Å². The number of hydrogen-bond acceptors (Lipinski definition) is 1. The average Bonchev–Trinajstić information content (AvgIpc) is 2.69. The summed E-state index contributed by atoms with van der Waals surface area (Å²) in [4.78, 5) is 0. The minimum absolute atomic E-state index is 0.500. The SMILES string of the molecule is BrCC1(C2CCCCC2)CCOC1. The summed E-state index contributed by atoms with van der Waals surface area (Å²) >= 11 is 3.69. The quantitative estimate of drug-likeness (QED) is 0.680. The topological polar surface area (TPSA) is 9.23 Å². The smallest absolute Gasteiger partial charge is 0.0533 e. The van der Waals surface area contributed by atoms with Crippen LogP contribution < -0.4 is 0 Å². The van der Waals surface area contributed by atoms with Crippen molar-refractivity contribution in [2.24, 2.45) is 11.3 Å². The Kier molecular flexibility index (Phi) is 3.31. The number of alkyl halides is 1. The van der Waals surface area contributed by atoms with E-state index in [0.717, 1.165) is 24.5 Å². The van der Waals surface area contributed by atoms with Crippen LogP contribution in [0.1, 0.15) is 38.5 Å². The third kappa shape index (κ3) is 1.94. The van der Waals surface area contributed by atoms with Crippen LogP contribution in [0.4, 0.5) is 0 Å². The molecule has 1 saturated heterocycles. The fourth-order valence-electron chi connectivity index (χ4n) is 2.87. The summed E-state index contributed by atoms with van der Waals surface area (Å²) in [6, 6.07) is 0. The lowest BCUT2D eigenvalue weighted by atomic mass is 9.69. The molecule has 1 nitrogen and oxygen atoms in total. The van der Waals surface area contributed by atoms with E-state index in [9.17, 15) is 0 Å². The average molecular weight is 247 g/mol. The number of rotatable bonds is 2. The van der Waals surface area contributed by atoms with Gasteiger partial charge >= 0.3 is 0 Å². The van der Waals surface area contributed by atoms with E-state index in [1.165, 1.54) is 38.5 Å². The van der Waals surface area contributed by atoms with Gasteiger partial charge in [-0.05, 0) is 25.2 Å². The summed E-state index contributed by atoms with van der Waals surface area (Å²) in [5.41, 5.74) is 0.500. The van der Waals surface area contributed by atoms with Gasteiger partial charge in [0.05, 0.1) is 6.61 Å². The van der Waals surface area contributed by atoms with Crippen LogP contribution in [-0.2, 0) is 4.74 Å². The second kappa shape index (κ2) is 4.31. The van der Waals surface area contributed by atoms with Crippen LogP contribution in [0.25, 0.3) is 0 Å². The molecule has 0 spiro atoms. The molecule has 0 aromatic rings. The van der Waals surface area contributed by atoms with Crippen molar-refractivity contribution >= 4 is 15.9 Å². The zero-order valence-corrected chi connectivity index (χ0v) is 9.81. The molecule has 2 rings (SSSR count). The minimum Gasteiger partial charge on any atom is -0.381 e. The zero-order chi connectivity index (χ0) is 9.15. The largest absolute Gasteiger partial charge is 0.381 e. The Hall–Kier alpha value is 0.440. The zero-order valence-electron chi connectivity index (χ0n) is 8.23. The van der Waals surface area contributed by atoms with Crippen molar-refractivity contribution in [1.29, 1.82) is 0 Å². The van der Waals surface area contributed by atoms with E-state index >= 15 is 0 Å². The van der Waals surface area contributed by atoms with Crippen LogP contribution in [0, 0.1) is 11.3 Å². The van der Waals surface area contributed by atoms with E-state index in [-0.39, 0.29) is 0 Å². The summed E-state index contributed by atoms with van der Waals surface area (Å²) in [7, 11) is 0. The third-order valence-corrected chi connectivity index (χ3v) is 4.99. The lowest BCUT2D eigenvalue weighted by Crippen LogP contribution is -2.34. The fourth-order valence-corrected chi connectivity index (χ4v) is 3.77. The van der Waals surface area contributed by atoms with Crippen LogP contribution in [0.15, 0.2) is 0 Å². The monoisotopic (exact) mass is 246 g/mol. The van der Waals surface area contributed by atoms with Crippen LogP contribution in [0.3, 0.4) is 0 Å². The predicted molar refractivity (Wildman–Crippen MR) is 58.2 cm³/mol. The Labute approximate surface area is 89.4 Å². The minimum atomic E-state index is 0.500. The molecule has 0 amide bonds. The molecule has 0 N–H and O–H groups in total. The van der Waals surface area contributed by atoms with E-state index in [1.807, 2.05) is 0 Å². The molecule has 2 fully saturated rings. The van der Waals surface area contributed by atoms with Gasteiger partial charge in [0, 0.05) is 17.4 Å². The Morgan fingerprint density at radius 1 is 1.23 bits per heavy atom. The molecule has 1 aliphatic heterocycles. The Bertz CT molecular complexity index is 157. The van der Waals surface area contributed by atoms with Crippen LogP contribution in [-0.4, -0.2) is 18.5 Å². The second-order valence-corrected chi connectivity index (χ2v) is 5.19. The third-order valence-electron chi connectivity index (χ3n) is 3.87. The molecule has 76 valence electrons. The molecule has 0 bridgehead atoms. The van der Waals surface area contributed by atoms with Gasteiger partial charge in [0.1, 0.15) is 0 Å². The molecule has 2 aliphatic rings. The van der Waals surface area contributed by atoms with E-state index in [1.54, 1.807) is 0 Å². The van der Waals surface area contributed by atoms with E-state index in [0.29, 0.717) is 5.41 Å². The molecular weight excluding hydrogens is 228 g/mol. The molecule has 0 aromatic carbocycles. The van der Waals surface area contributed by atoms with Gasteiger partial charge < -0.3 is 4.74 Å². The van der Waals surface area contributed by atoms with E-state index in [2.05, 4.69) is 15.9 Å². The normalized spacial score (nSPS) is 36.7. The lowest BCUT2D eigenvalue weighted by Gasteiger charge is -2.37. The van der Waals surface area contributed by atoms with Crippen molar-refractivity contribution in [3.8, 4) is 0 Å². The molecule has 1 heterocycles. The van der Waals surface area contributed by atoms with Crippen molar-refractivity contribution < 1.29 is 4.74 Å². The van der Waals surface area contributed by atoms with Crippen LogP contribution in [0.2, 0.25) is 0 Å². The van der Waals surface area contributed by atoms with Crippen LogP contribution in [0.5, 0.6) is 0 Å². The van der Waals surface area contributed by atoms with Gasteiger partial charge in [0.2, 0.25) is 0 Å². The summed E-state index contributed by atoms with van der Waals surface area (Å²) in [6.45, 7) is 1.99. The van der Waals surface area contributed by atoms with Crippen LogP contribution >= 0.6 is 15.9 Å². The van der Waals surface area contributed by atoms with Crippen molar-refractivity contribution in [2.75, 3.05) is 18.5 Å². The Balaban J connectivity index is 2.01. The van der Waals surface area contributed by atoms with Gasteiger partial charge in [-0.15, -0.1) is 0 Å². The van der Waals surface area contributed by atoms with Crippen molar-refractivity contribution in [1.82, 2.24) is 0 Å². The summed E-state index contributed by atoms with van der Waals surface area (Å²) < 4.78 is 5.57. The molecular formula is C11H19BrO. The molecule has 1 saturated carbocycles. The van der Waals surface area contributed by atoms with Crippen molar-refractivity contribution in [2.45, 2.75) is 38.5 Å². The van der Waals surface area contributed by atoms with Crippen molar-refractivity contribution in [3.63, 3.8) is 0 Å². The molecule has 13 heavy (non-hydrogen) atoms. The molecule has 2 heteroatoms. The molecule has 0 aromatic heterocycles. The number of halogens is 1. The molecule has 0 radical (unpaired) electrons. The Morgan fingerprint density at radius 3 is 2.54 bits per heavy atom. The lowest BCUT2D eigenvalue weighted by molar-refractivity contribution is 0.103. The highest BCUT2D eigenvalue weighted by Crippen LogP contribution is 2.45. The van der Waals surface area contributed by atoms with Gasteiger partial charge in [-0.25, -0.2) is 0 Å². The molecule has 1 unspecified atom stereocenters. The Morgan fingerprint density at radius 2 is 2.00 bits per heavy atom. The summed E-state index contributed by atoms with van der Waals surface area (Å²) in [6.07, 6.45) is 8.50. The maximum absolute atomic E-state index is 5.57. The summed E-state index contributed by atoms with van der Waals surface area (Å²) in [5, 5.41) is 1.14. The first-order valence-electron chi connectivity index (χ1n) is 5.51. The fraction of sp³-hybridized carbons (Fsp3) is 1.00. The van der Waals surface area contributed by atoms with Gasteiger partial charge in [0.15, 0.2) is 0 Å². The second-order valence-electron chi connectivity index (χ2n) is 4.63. The standard InChI is InChI=1S/C11H19BrO/c12-8-11(6-7-13-9-11)10-4-2-1-3-5-10/h10H,1-9H2. The number of ether oxygens (including phenoxy) is 1. The predicted octanol–water partition coefficient (Wildman–Crippen LogP) is 3.37. The first-order valence-corrected chi connectivity index (χ1v) is 6.63. The maximum atomic E-state index is 5.57.